The number of hydrogen-bond acceptors (Lipinski definition) is 3. The molecule has 0 saturated carbocycles. The van der Waals surface area contributed by atoms with Crippen LogP contribution in [0.5, 0.6) is 0 Å². The van der Waals surface area contributed by atoms with E-state index in [2.05, 4.69) is 10.1 Å². The van der Waals surface area contributed by atoms with E-state index in [1.165, 1.54) is 20.0 Å². The number of anilines is 1. The Morgan fingerprint density at radius 2 is 1.65 bits per heavy atom. The normalized spacial score (nSPS) is 15.3. The maximum absolute atomic E-state index is 12.1. The summed E-state index contributed by atoms with van der Waals surface area (Å²) < 4.78 is 4.63. The number of rotatable bonds is 2. The fourth-order valence-electron chi connectivity index (χ4n) is 2.28. The van der Waals surface area contributed by atoms with Gasteiger partial charge in [-0.05, 0) is 37.1 Å². The summed E-state index contributed by atoms with van der Waals surface area (Å²) in [5.41, 5.74) is 1.16. The fourth-order valence-corrected chi connectivity index (χ4v) is 2.28. The zero-order valence-corrected chi connectivity index (χ0v) is 11.7. The van der Waals surface area contributed by atoms with Gasteiger partial charge in [-0.3, -0.25) is 0 Å². The van der Waals surface area contributed by atoms with Crippen LogP contribution in [0.25, 0.3) is 0 Å². The van der Waals surface area contributed by atoms with E-state index in [1.54, 1.807) is 24.3 Å². The van der Waals surface area contributed by atoms with Gasteiger partial charge in [0.1, 0.15) is 0 Å². The molecule has 20 heavy (non-hydrogen) atoms. The van der Waals surface area contributed by atoms with E-state index in [0.29, 0.717) is 11.3 Å². The second kappa shape index (κ2) is 6.93. The van der Waals surface area contributed by atoms with Crippen LogP contribution >= 0.6 is 0 Å². The van der Waals surface area contributed by atoms with Gasteiger partial charge in [-0.25, -0.2) is 9.59 Å². The van der Waals surface area contributed by atoms with Crippen LogP contribution in [0.3, 0.4) is 0 Å². The highest BCUT2D eigenvalue weighted by Crippen LogP contribution is 2.14. The first-order valence-corrected chi connectivity index (χ1v) is 6.95. The molecule has 2 amide bonds. The molecule has 0 unspecified atom stereocenters. The van der Waals surface area contributed by atoms with Crippen LogP contribution in [0.15, 0.2) is 24.3 Å². The Hall–Kier alpha value is -2.04. The summed E-state index contributed by atoms with van der Waals surface area (Å²) in [6.07, 6.45) is 4.51. The molecule has 1 aliphatic rings. The summed E-state index contributed by atoms with van der Waals surface area (Å²) in [6, 6.07) is 6.63. The summed E-state index contributed by atoms with van der Waals surface area (Å²) in [4.78, 5) is 25.3. The lowest BCUT2D eigenvalue weighted by atomic mass is 10.2. The maximum Gasteiger partial charge on any atom is 0.337 e. The number of amides is 2. The number of nitrogens with one attached hydrogen (secondary N) is 1. The third-order valence-electron chi connectivity index (χ3n) is 3.45. The smallest absolute Gasteiger partial charge is 0.337 e. The molecule has 0 aliphatic carbocycles. The first-order chi connectivity index (χ1) is 9.70. The van der Waals surface area contributed by atoms with Gasteiger partial charge >= 0.3 is 12.0 Å². The van der Waals surface area contributed by atoms with Crippen LogP contribution < -0.4 is 5.32 Å². The van der Waals surface area contributed by atoms with Gasteiger partial charge in [0.2, 0.25) is 0 Å². The summed E-state index contributed by atoms with van der Waals surface area (Å²) in [6.45, 7) is 1.62. The molecule has 0 aromatic heterocycles. The molecule has 1 N–H and O–H groups in total. The lowest BCUT2D eigenvalue weighted by Gasteiger charge is -2.20. The lowest BCUT2D eigenvalue weighted by Crippen LogP contribution is -2.35. The Kier molecular flexibility index (Phi) is 4.98. The van der Waals surface area contributed by atoms with Crippen molar-refractivity contribution in [3.8, 4) is 0 Å². The van der Waals surface area contributed by atoms with E-state index in [4.69, 9.17) is 0 Å². The van der Waals surface area contributed by atoms with Gasteiger partial charge in [0, 0.05) is 18.8 Å². The number of benzene rings is 1. The number of ether oxygens (including phenoxy) is 1. The van der Waals surface area contributed by atoms with Gasteiger partial charge < -0.3 is 15.0 Å². The summed E-state index contributed by atoms with van der Waals surface area (Å²) >= 11 is 0. The number of esters is 1. The zero-order valence-electron chi connectivity index (χ0n) is 11.7. The van der Waals surface area contributed by atoms with Crippen LogP contribution in [0.1, 0.15) is 36.0 Å². The number of methoxy groups -OCH3 is 1. The molecule has 0 atom stereocenters. The summed E-state index contributed by atoms with van der Waals surface area (Å²) in [5.74, 6) is -0.379. The Labute approximate surface area is 118 Å². The number of carbonyl (C=O) groups excluding carboxylic acids is 2. The van der Waals surface area contributed by atoms with Gasteiger partial charge in [0.05, 0.1) is 12.7 Å². The SMILES string of the molecule is COC(=O)c1ccc(NC(=O)N2CCCCCC2)cc1. The molecule has 108 valence electrons. The van der Waals surface area contributed by atoms with Crippen molar-refractivity contribution >= 4 is 17.7 Å². The minimum absolute atomic E-state index is 0.0716. The third kappa shape index (κ3) is 3.73. The van der Waals surface area contributed by atoms with E-state index in [9.17, 15) is 9.59 Å². The molecular formula is C15H20N2O3. The first kappa shape index (κ1) is 14.4. The highest BCUT2D eigenvalue weighted by atomic mass is 16.5. The van der Waals surface area contributed by atoms with Crippen molar-refractivity contribution in [2.75, 3.05) is 25.5 Å². The Morgan fingerprint density at radius 3 is 2.20 bits per heavy atom. The van der Waals surface area contributed by atoms with Gasteiger partial charge in [0.15, 0.2) is 0 Å². The molecule has 0 spiro atoms. The average molecular weight is 276 g/mol. The molecule has 0 bridgehead atoms. The number of nitrogens with zero attached hydrogens (tertiary/aromatic N) is 1. The first-order valence-electron chi connectivity index (χ1n) is 6.95. The monoisotopic (exact) mass is 276 g/mol. The molecule has 1 aromatic rings. The molecule has 1 aliphatic heterocycles. The van der Waals surface area contributed by atoms with Crippen molar-refractivity contribution in [3.05, 3.63) is 29.8 Å². The van der Waals surface area contributed by atoms with Crippen molar-refractivity contribution in [2.45, 2.75) is 25.7 Å². The van der Waals surface area contributed by atoms with Crippen molar-refractivity contribution in [2.24, 2.45) is 0 Å². The van der Waals surface area contributed by atoms with Crippen LogP contribution in [-0.4, -0.2) is 37.1 Å². The van der Waals surface area contributed by atoms with E-state index in [0.717, 1.165) is 25.9 Å². The van der Waals surface area contributed by atoms with Gasteiger partial charge in [-0.1, -0.05) is 12.8 Å². The molecule has 0 radical (unpaired) electrons. The van der Waals surface area contributed by atoms with Crippen LogP contribution in [0, 0.1) is 0 Å². The van der Waals surface area contributed by atoms with Gasteiger partial charge in [-0.15, -0.1) is 0 Å². The molecule has 1 saturated heterocycles. The highest BCUT2D eigenvalue weighted by molar-refractivity contribution is 5.92. The number of hydrogen-bond donors (Lipinski definition) is 1. The fraction of sp³-hybridized carbons (Fsp3) is 0.467. The van der Waals surface area contributed by atoms with Gasteiger partial charge in [0.25, 0.3) is 0 Å². The van der Waals surface area contributed by atoms with E-state index >= 15 is 0 Å². The van der Waals surface area contributed by atoms with Crippen molar-refractivity contribution < 1.29 is 14.3 Å². The summed E-state index contributed by atoms with van der Waals surface area (Å²) in [7, 11) is 1.34. The minimum Gasteiger partial charge on any atom is -0.465 e. The third-order valence-corrected chi connectivity index (χ3v) is 3.45. The highest BCUT2D eigenvalue weighted by Gasteiger charge is 2.15. The quantitative estimate of drug-likeness (QED) is 0.845. The van der Waals surface area contributed by atoms with Crippen molar-refractivity contribution in [1.29, 1.82) is 0 Å². The Bertz CT molecular complexity index is 463. The van der Waals surface area contributed by atoms with Gasteiger partial charge in [-0.2, -0.15) is 0 Å². The minimum atomic E-state index is -0.379. The van der Waals surface area contributed by atoms with E-state index < -0.39 is 0 Å². The van der Waals surface area contributed by atoms with E-state index in [-0.39, 0.29) is 12.0 Å². The Morgan fingerprint density at radius 1 is 1.05 bits per heavy atom. The topological polar surface area (TPSA) is 58.6 Å². The number of likely N-dealkylation sites (tertiary alicyclic amines) is 1. The van der Waals surface area contributed by atoms with Crippen LogP contribution in [0.2, 0.25) is 0 Å². The predicted molar refractivity (Wildman–Crippen MR) is 76.8 cm³/mol. The zero-order chi connectivity index (χ0) is 14.4. The number of urea groups is 1. The standard InChI is InChI=1S/C15H20N2O3/c1-20-14(18)12-6-8-13(9-7-12)16-15(19)17-10-4-2-3-5-11-17/h6-9H,2-5,10-11H2,1H3,(H,16,19). The lowest BCUT2D eigenvalue weighted by molar-refractivity contribution is 0.0601. The number of carbonyl (C=O) groups is 2. The predicted octanol–water partition coefficient (Wildman–Crippen LogP) is 2.88. The molecule has 5 nitrogen and oxygen atoms in total. The molecule has 1 heterocycles. The van der Waals surface area contributed by atoms with Crippen molar-refractivity contribution in [3.63, 3.8) is 0 Å². The maximum atomic E-state index is 12.1. The molecule has 5 heteroatoms. The molecule has 1 fully saturated rings. The van der Waals surface area contributed by atoms with Crippen LogP contribution in [0.4, 0.5) is 10.5 Å². The van der Waals surface area contributed by atoms with E-state index in [1.807, 2.05) is 4.90 Å². The second-order valence-electron chi connectivity index (χ2n) is 4.90. The average Bonchev–Trinajstić information content (AvgIpc) is 2.76. The molecule has 2 rings (SSSR count). The van der Waals surface area contributed by atoms with Crippen LogP contribution in [-0.2, 0) is 4.74 Å². The molecular weight excluding hydrogens is 256 g/mol. The Balaban J connectivity index is 1.95. The van der Waals surface area contributed by atoms with Crippen molar-refractivity contribution in [1.82, 2.24) is 4.90 Å². The second-order valence-corrected chi connectivity index (χ2v) is 4.90. The largest absolute Gasteiger partial charge is 0.465 e. The molecule has 1 aromatic carbocycles. The summed E-state index contributed by atoms with van der Waals surface area (Å²) in [5, 5.41) is 2.86.